The van der Waals surface area contributed by atoms with Crippen LogP contribution in [-0.2, 0) is 6.42 Å². The van der Waals surface area contributed by atoms with Gasteiger partial charge >= 0.3 is 0 Å². The second kappa shape index (κ2) is 5.05. The van der Waals surface area contributed by atoms with Gasteiger partial charge < -0.3 is 0 Å². The lowest BCUT2D eigenvalue weighted by Crippen LogP contribution is -2.04. The van der Waals surface area contributed by atoms with Crippen molar-refractivity contribution in [2.24, 2.45) is 0 Å². The van der Waals surface area contributed by atoms with Crippen LogP contribution in [0.3, 0.4) is 0 Å². The SMILES string of the molecule is CCC(Br)Cc1ccncc1[N+](=O)[O-]. The van der Waals surface area contributed by atoms with Gasteiger partial charge in [0.2, 0.25) is 0 Å². The molecule has 0 N–H and O–H groups in total. The monoisotopic (exact) mass is 258 g/mol. The third-order valence-corrected chi connectivity index (χ3v) is 2.94. The molecule has 0 saturated heterocycles. The first-order valence-electron chi connectivity index (χ1n) is 4.36. The summed E-state index contributed by atoms with van der Waals surface area (Å²) in [4.78, 5) is 14.3. The maximum Gasteiger partial charge on any atom is 0.290 e. The van der Waals surface area contributed by atoms with Crippen LogP contribution in [0.25, 0.3) is 0 Å². The number of halogens is 1. The third kappa shape index (κ3) is 2.77. The highest BCUT2D eigenvalue weighted by Crippen LogP contribution is 2.21. The molecule has 0 aliphatic rings. The van der Waals surface area contributed by atoms with Crippen molar-refractivity contribution in [2.75, 3.05) is 0 Å². The molecule has 1 rings (SSSR count). The summed E-state index contributed by atoms with van der Waals surface area (Å²) >= 11 is 3.45. The van der Waals surface area contributed by atoms with Crippen LogP contribution in [0, 0.1) is 10.1 Å². The second-order valence-electron chi connectivity index (χ2n) is 2.97. The van der Waals surface area contributed by atoms with E-state index >= 15 is 0 Å². The van der Waals surface area contributed by atoms with Gasteiger partial charge in [0.1, 0.15) is 6.20 Å². The first kappa shape index (κ1) is 11.1. The minimum absolute atomic E-state index is 0.102. The molecule has 0 aliphatic heterocycles. The van der Waals surface area contributed by atoms with Gasteiger partial charge in [0, 0.05) is 16.6 Å². The first-order chi connectivity index (χ1) is 6.65. The summed E-state index contributed by atoms with van der Waals surface area (Å²) in [5, 5.41) is 10.6. The predicted octanol–water partition coefficient (Wildman–Crippen LogP) is 2.71. The molecule has 0 saturated carbocycles. The zero-order valence-electron chi connectivity index (χ0n) is 7.81. The van der Waals surface area contributed by atoms with E-state index in [1.807, 2.05) is 6.92 Å². The zero-order chi connectivity index (χ0) is 10.6. The molecule has 5 heteroatoms. The summed E-state index contributed by atoms with van der Waals surface area (Å²) in [5.74, 6) is 0. The van der Waals surface area contributed by atoms with Gasteiger partial charge in [-0.05, 0) is 18.9 Å². The Labute approximate surface area is 90.6 Å². The van der Waals surface area contributed by atoms with Crippen LogP contribution in [0.4, 0.5) is 5.69 Å². The van der Waals surface area contributed by atoms with E-state index in [0.29, 0.717) is 6.42 Å². The molecule has 76 valence electrons. The average molecular weight is 259 g/mol. The highest BCUT2D eigenvalue weighted by atomic mass is 79.9. The van der Waals surface area contributed by atoms with Crippen molar-refractivity contribution in [1.82, 2.24) is 4.98 Å². The minimum atomic E-state index is -0.391. The molecule has 1 aromatic rings. The molecule has 1 aromatic heterocycles. The topological polar surface area (TPSA) is 56.0 Å². The van der Waals surface area contributed by atoms with E-state index in [4.69, 9.17) is 0 Å². The van der Waals surface area contributed by atoms with E-state index < -0.39 is 4.92 Å². The van der Waals surface area contributed by atoms with Gasteiger partial charge in [0.15, 0.2) is 0 Å². The van der Waals surface area contributed by atoms with Gasteiger partial charge in [-0.3, -0.25) is 15.1 Å². The van der Waals surface area contributed by atoms with Crippen molar-refractivity contribution in [3.8, 4) is 0 Å². The Morgan fingerprint density at radius 2 is 2.43 bits per heavy atom. The molecule has 0 bridgehead atoms. The molecule has 4 nitrogen and oxygen atoms in total. The van der Waals surface area contributed by atoms with E-state index in [9.17, 15) is 10.1 Å². The summed E-state index contributed by atoms with van der Waals surface area (Å²) in [6.45, 7) is 2.03. The van der Waals surface area contributed by atoms with Crippen molar-refractivity contribution in [2.45, 2.75) is 24.6 Å². The van der Waals surface area contributed by atoms with Crippen molar-refractivity contribution < 1.29 is 4.92 Å². The van der Waals surface area contributed by atoms with Crippen molar-refractivity contribution in [3.05, 3.63) is 34.1 Å². The molecule has 0 spiro atoms. The number of aromatic nitrogens is 1. The van der Waals surface area contributed by atoms with Gasteiger partial charge in [0.05, 0.1) is 4.92 Å². The number of hydrogen-bond donors (Lipinski definition) is 0. The molecule has 0 radical (unpaired) electrons. The fourth-order valence-electron chi connectivity index (χ4n) is 1.13. The summed E-state index contributed by atoms with van der Waals surface area (Å²) in [6, 6.07) is 1.70. The lowest BCUT2D eigenvalue weighted by molar-refractivity contribution is -0.385. The largest absolute Gasteiger partial charge is 0.290 e. The van der Waals surface area contributed by atoms with Crippen molar-refractivity contribution >= 4 is 21.6 Å². The molecule has 1 atom stereocenters. The maximum absolute atomic E-state index is 10.6. The van der Waals surface area contributed by atoms with Crippen LogP contribution in [0.15, 0.2) is 18.5 Å². The molecule has 0 fully saturated rings. The smallest absolute Gasteiger partial charge is 0.258 e. The number of alkyl halides is 1. The van der Waals surface area contributed by atoms with Crippen LogP contribution >= 0.6 is 15.9 Å². The molecular weight excluding hydrogens is 248 g/mol. The summed E-state index contributed by atoms with van der Waals surface area (Å²) < 4.78 is 0. The van der Waals surface area contributed by atoms with Gasteiger partial charge in [-0.25, -0.2) is 0 Å². The summed E-state index contributed by atoms with van der Waals surface area (Å²) in [7, 11) is 0. The number of nitrogens with zero attached hydrogens (tertiary/aromatic N) is 2. The molecule has 1 unspecified atom stereocenters. The standard InChI is InChI=1S/C9H11BrN2O2/c1-2-8(10)5-7-3-4-11-6-9(7)12(13)14/h3-4,6,8H,2,5H2,1H3. The number of hydrogen-bond acceptors (Lipinski definition) is 3. The Kier molecular flexibility index (Phi) is 4.00. The normalized spacial score (nSPS) is 12.4. The lowest BCUT2D eigenvalue weighted by Gasteiger charge is -2.06. The van der Waals surface area contributed by atoms with Crippen LogP contribution in [0.1, 0.15) is 18.9 Å². The Morgan fingerprint density at radius 3 is 3.00 bits per heavy atom. The average Bonchev–Trinajstić information content (AvgIpc) is 2.18. The maximum atomic E-state index is 10.6. The van der Waals surface area contributed by atoms with E-state index in [0.717, 1.165) is 12.0 Å². The first-order valence-corrected chi connectivity index (χ1v) is 5.28. The van der Waals surface area contributed by atoms with Gasteiger partial charge in [0.25, 0.3) is 5.69 Å². The fourth-order valence-corrected chi connectivity index (χ4v) is 1.48. The van der Waals surface area contributed by atoms with Crippen LogP contribution in [0.2, 0.25) is 0 Å². The molecule has 0 aliphatic carbocycles. The van der Waals surface area contributed by atoms with Gasteiger partial charge in [-0.2, -0.15) is 0 Å². The third-order valence-electron chi connectivity index (χ3n) is 1.97. The van der Waals surface area contributed by atoms with E-state index in [-0.39, 0.29) is 10.5 Å². The summed E-state index contributed by atoms with van der Waals surface area (Å²) in [5.41, 5.74) is 0.833. The fraction of sp³-hybridized carbons (Fsp3) is 0.444. The Bertz CT molecular complexity index is 330. The van der Waals surface area contributed by atoms with E-state index in [1.54, 1.807) is 12.3 Å². The molecule has 0 aromatic carbocycles. The number of nitro groups is 1. The summed E-state index contributed by atoms with van der Waals surface area (Å²) in [6.07, 6.45) is 4.48. The molecule has 1 heterocycles. The Morgan fingerprint density at radius 1 is 1.71 bits per heavy atom. The Balaban J connectivity index is 2.90. The van der Waals surface area contributed by atoms with E-state index in [2.05, 4.69) is 20.9 Å². The quantitative estimate of drug-likeness (QED) is 0.474. The molecular formula is C9H11BrN2O2. The van der Waals surface area contributed by atoms with Crippen molar-refractivity contribution in [3.63, 3.8) is 0 Å². The Hall–Kier alpha value is -0.970. The van der Waals surface area contributed by atoms with Crippen LogP contribution < -0.4 is 0 Å². The second-order valence-corrected chi connectivity index (χ2v) is 4.27. The number of pyridine rings is 1. The molecule has 0 amide bonds. The highest BCUT2D eigenvalue weighted by Gasteiger charge is 2.15. The van der Waals surface area contributed by atoms with Crippen LogP contribution in [0.5, 0.6) is 0 Å². The van der Waals surface area contributed by atoms with Gasteiger partial charge in [-0.1, -0.05) is 22.9 Å². The van der Waals surface area contributed by atoms with Gasteiger partial charge in [-0.15, -0.1) is 0 Å². The lowest BCUT2D eigenvalue weighted by atomic mass is 10.1. The van der Waals surface area contributed by atoms with Crippen molar-refractivity contribution in [1.29, 1.82) is 0 Å². The van der Waals surface area contributed by atoms with Crippen LogP contribution in [-0.4, -0.2) is 14.7 Å². The molecule has 14 heavy (non-hydrogen) atoms. The van der Waals surface area contributed by atoms with E-state index in [1.165, 1.54) is 6.20 Å². The number of rotatable bonds is 4. The minimum Gasteiger partial charge on any atom is -0.258 e. The highest BCUT2D eigenvalue weighted by molar-refractivity contribution is 9.09. The zero-order valence-corrected chi connectivity index (χ0v) is 9.40. The predicted molar refractivity (Wildman–Crippen MR) is 57.6 cm³/mol.